The Bertz CT molecular complexity index is 427. The van der Waals surface area contributed by atoms with Crippen LogP contribution in [0.25, 0.3) is 0 Å². The number of carbonyl (C=O) groups excluding carboxylic acids is 2. The number of imide groups is 1. The maximum atomic E-state index is 11.9. The van der Waals surface area contributed by atoms with Gasteiger partial charge in [0.1, 0.15) is 0 Å². The predicted octanol–water partition coefficient (Wildman–Crippen LogP) is 1.93. The van der Waals surface area contributed by atoms with Crippen LogP contribution in [0, 0.1) is 0 Å². The Labute approximate surface area is 105 Å². The summed E-state index contributed by atoms with van der Waals surface area (Å²) in [5.74, 6) is -0.637. The molecule has 96 valence electrons. The Balaban J connectivity index is 1.93. The minimum Gasteiger partial charge on any atom is -0.267 e. The number of halogens is 1. The zero-order valence-corrected chi connectivity index (χ0v) is 9.99. The first-order chi connectivity index (χ1) is 8.75. The Hall–Kier alpha value is -1.75. The summed E-state index contributed by atoms with van der Waals surface area (Å²) in [6.45, 7) is 0.165. The van der Waals surface area contributed by atoms with E-state index in [0.717, 1.165) is 17.9 Å². The highest BCUT2D eigenvalue weighted by atomic mass is 19.1. The summed E-state index contributed by atoms with van der Waals surface area (Å²) in [5, 5.41) is 1.04. The van der Waals surface area contributed by atoms with Crippen molar-refractivity contribution in [3.8, 4) is 0 Å². The normalized spacial score (nSPS) is 14.2. The van der Waals surface area contributed by atoms with Crippen molar-refractivity contribution in [1.82, 2.24) is 10.4 Å². The number of hydrazine groups is 1. The minimum absolute atomic E-state index is 0.318. The van der Waals surface area contributed by atoms with Crippen molar-refractivity contribution in [2.45, 2.75) is 19.3 Å². The molecule has 18 heavy (non-hydrogen) atoms. The van der Waals surface area contributed by atoms with E-state index >= 15 is 0 Å². The van der Waals surface area contributed by atoms with Crippen molar-refractivity contribution in [2.24, 2.45) is 0 Å². The number of hydrogen-bond donors (Lipinski definition) is 1. The molecule has 0 bridgehead atoms. The molecule has 4 nitrogen and oxygen atoms in total. The molecule has 0 unspecified atom stereocenters. The molecule has 1 N–H and O–H groups in total. The Morgan fingerprint density at radius 3 is 2.17 bits per heavy atom. The highest BCUT2D eigenvalue weighted by Crippen LogP contribution is 2.20. The van der Waals surface area contributed by atoms with Crippen LogP contribution in [-0.2, 0) is 0 Å². The highest BCUT2D eigenvalue weighted by Gasteiger charge is 2.34. The molecule has 1 heterocycles. The van der Waals surface area contributed by atoms with E-state index in [0.29, 0.717) is 24.1 Å². The molecule has 0 saturated carbocycles. The number of fused-ring (bicyclic) bond motifs is 1. The number of benzene rings is 1. The van der Waals surface area contributed by atoms with Gasteiger partial charge in [-0.2, -0.15) is 0 Å². The lowest BCUT2D eigenvalue weighted by molar-refractivity contribution is 0.0566. The number of unbranched alkanes of at least 4 members (excludes halogenated alkanes) is 2. The average Bonchev–Trinajstić information content (AvgIpc) is 2.64. The van der Waals surface area contributed by atoms with Crippen molar-refractivity contribution < 1.29 is 14.0 Å². The van der Waals surface area contributed by atoms with Crippen LogP contribution < -0.4 is 5.43 Å². The third kappa shape index (κ3) is 2.41. The van der Waals surface area contributed by atoms with Gasteiger partial charge in [-0.05, 0) is 31.4 Å². The molecule has 0 aromatic heterocycles. The summed E-state index contributed by atoms with van der Waals surface area (Å²) >= 11 is 0. The summed E-state index contributed by atoms with van der Waals surface area (Å²) in [4.78, 5) is 23.8. The summed E-state index contributed by atoms with van der Waals surface area (Å²) in [5.41, 5.74) is 3.66. The fraction of sp³-hybridized carbons (Fsp3) is 0.385. The van der Waals surface area contributed by atoms with E-state index in [4.69, 9.17) is 0 Å². The van der Waals surface area contributed by atoms with Crippen LogP contribution in [0.5, 0.6) is 0 Å². The van der Waals surface area contributed by atoms with E-state index in [1.54, 1.807) is 24.3 Å². The SMILES string of the molecule is O=C1c2ccccc2C(=O)N1NCCCCCF. The molecule has 0 aliphatic carbocycles. The maximum absolute atomic E-state index is 11.9. The number of alkyl halides is 1. The molecular weight excluding hydrogens is 235 g/mol. The molecule has 1 aromatic carbocycles. The first kappa shape index (κ1) is 12.7. The van der Waals surface area contributed by atoms with E-state index in [-0.39, 0.29) is 18.5 Å². The Morgan fingerprint density at radius 1 is 1.00 bits per heavy atom. The molecular formula is C13H15FN2O2. The van der Waals surface area contributed by atoms with E-state index < -0.39 is 0 Å². The Morgan fingerprint density at radius 2 is 1.61 bits per heavy atom. The molecule has 2 rings (SSSR count). The van der Waals surface area contributed by atoms with Crippen LogP contribution in [-0.4, -0.2) is 30.0 Å². The second kappa shape index (κ2) is 5.73. The highest BCUT2D eigenvalue weighted by molar-refractivity contribution is 6.20. The number of nitrogens with one attached hydrogen (secondary N) is 1. The summed E-state index contributed by atoms with van der Waals surface area (Å²) < 4.78 is 11.9. The van der Waals surface area contributed by atoms with E-state index in [2.05, 4.69) is 5.43 Å². The third-order valence-electron chi connectivity index (χ3n) is 2.87. The zero-order chi connectivity index (χ0) is 13.0. The predicted molar refractivity (Wildman–Crippen MR) is 64.8 cm³/mol. The molecule has 2 amide bonds. The van der Waals surface area contributed by atoms with E-state index in [9.17, 15) is 14.0 Å². The monoisotopic (exact) mass is 250 g/mol. The van der Waals surface area contributed by atoms with Gasteiger partial charge in [-0.1, -0.05) is 12.1 Å². The van der Waals surface area contributed by atoms with E-state index in [1.165, 1.54) is 0 Å². The van der Waals surface area contributed by atoms with Gasteiger partial charge in [-0.3, -0.25) is 14.0 Å². The smallest absolute Gasteiger partial charge is 0.267 e. The first-order valence-electron chi connectivity index (χ1n) is 6.03. The molecule has 0 radical (unpaired) electrons. The van der Waals surface area contributed by atoms with Crippen LogP contribution in [0.1, 0.15) is 40.0 Å². The molecule has 1 aliphatic rings. The van der Waals surface area contributed by atoms with Crippen LogP contribution in [0.3, 0.4) is 0 Å². The van der Waals surface area contributed by atoms with Crippen LogP contribution in [0.15, 0.2) is 24.3 Å². The molecule has 0 spiro atoms. The van der Waals surface area contributed by atoms with E-state index in [1.807, 2.05) is 0 Å². The van der Waals surface area contributed by atoms with Crippen molar-refractivity contribution in [2.75, 3.05) is 13.2 Å². The topological polar surface area (TPSA) is 49.4 Å². The van der Waals surface area contributed by atoms with Crippen LogP contribution in [0.2, 0.25) is 0 Å². The van der Waals surface area contributed by atoms with Gasteiger partial charge in [-0.25, -0.2) is 10.4 Å². The maximum Gasteiger partial charge on any atom is 0.276 e. The van der Waals surface area contributed by atoms with Gasteiger partial charge >= 0.3 is 0 Å². The van der Waals surface area contributed by atoms with Crippen LogP contribution >= 0.6 is 0 Å². The van der Waals surface area contributed by atoms with Gasteiger partial charge in [0, 0.05) is 6.54 Å². The summed E-state index contributed by atoms with van der Waals surface area (Å²) in [7, 11) is 0. The second-order valence-electron chi connectivity index (χ2n) is 4.15. The lowest BCUT2D eigenvalue weighted by atomic mass is 10.1. The number of nitrogens with zero attached hydrogens (tertiary/aromatic N) is 1. The van der Waals surface area contributed by atoms with Gasteiger partial charge in [0.15, 0.2) is 0 Å². The van der Waals surface area contributed by atoms with Crippen molar-refractivity contribution in [3.63, 3.8) is 0 Å². The number of amides is 2. The van der Waals surface area contributed by atoms with Gasteiger partial charge in [0.25, 0.3) is 11.8 Å². The lowest BCUT2D eigenvalue weighted by Crippen LogP contribution is -2.42. The summed E-state index contributed by atoms with van der Waals surface area (Å²) in [6, 6.07) is 6.74. The zero-order valence-electron chi connectivity index (χ0n) is 9.99. The molecule has 0 atom stereocenters. The fourth-order valence-corrected chi connectivity index (χ4v) is 1.92. The lowest BCUT2D eigenvalue weighted by Gasteiger charge is -2.14. The van der Waals surface area contributed by atoms with Gasteiger partial charge in [0.2, 0.25) is 0 Å². The number of carbonyl (C=O) groups is 2. The van der Waals surface area contributed by atoms with Crippen molar-refractivity contribution in [3.05, 3.63) is 35.4 Å². The average molecular weight is 250 g/mol. The van der Waals surface area contributed by atoms with Gasteiger partial charge in [0.05, 0.1) is 17.8 Å². The number of rotatable bonds is 6. The molecule has 0 saturated heterocycles. The van der Waals surface area contributed by atoms with Crippen molar-refractivity contribution in [1.29, 1.82) is 0 Å². The van der Waals surface area contributed by atoms with Gasteiger partial charge in [-0.15, -0.1) is 0 Å². The fourth-order valence-electron chi connectivity index (χ4n) is 1.92. The minimum atomic E-state index is -0.326. The van der Waals surface area contributed by atoms with Gasteiger partial charge < -0.3 is 0 Å². The molecule has 1 aromatic rings. The Kier molecular flexibility index (Phi) is 4.04. The third-order valence-corrected chi connectivity index (χ3v) is 2.87. The summed E-state index contributed by atoms with van der Waals surface area (Å²) in [6.07, 6.45) is 1.99. The molecule has 5 heteroatoms. The number of hydrogen-bond acceptors (Lipinski definition) is 3. The quantitative estimate of drug-likeness (QED) is 0.620. The molecule has 1 aliphatic heterocycles. The first-order valence-corrected chi connectivity index (χ1v) is 6.03. The van der Waals surface area contributed by atoms with Crippen LogP contribution in [0.4, 0.5) is 4.39 Å². The second-order valence-corrected chi connectivity index (χ2v) is 4.15. The standard InChI is InChI=1S/C13H15FN2O2/c14-8-4-1-5-9-15-16-12(17)10-6-2-3-7-11(10)13(16)18/h2-3,6-7,15H,1,4-5,8-9H2. The molecule has 0 fully saturated rings. The van der Waals surface area contributed by atoms with Crippen molar-refractivity contribution >= 4 is 11.8 Å². The largest absolute Gasteiger partial charge is 0.276 e.